The van der Waals surface area contributed by atoms with Gasteiger partial charge >= 0.3 is 17.9 Å². The molecule has 0 amide bonds. The van der Waals surface area contributed by atoms with Crippen molar-refractivity contribution in [1.29, 1.82) is 0 Å². The Morgan fingerprint density at radius 3 is 0.847 bits per heavy atom. The summed E-state index contributed by atoms with van der Waals surface area (Å²) in [5, 5.41) is 0. The predicted molar refractivity (Wildman–Crippen MR) is 312 cm³/mol. The maximum absolute atomic E-state index is 12.9. The number of unbranched alkanes of at least 4 members (excludes halogenated alkanes) is 36. The number of esters is 3. The van der Waals surface area contributed by atoms with E-state index in [9.17, 15) is 14.4 Å². The molecule has 0 heterocycles. The first-order valence-electron chi connectivity index (χ1n) is 31.3. The Morgan fingerprint density at radius 2 is 0.542 bits per heavy atom. The number of hydrogen-bond acceptors (Lipinski definition) is 6. The zero-order valence-corrected chi connectivity index (χ0v) is 47.9. The molecule has 0 aromatic rings. The Balaban J connectivity index is 4.18. The monoisotopic (exact) mass is 1010 g/mol. The van der Waals surface area contributed by atoms with E-state index in [4.69, 9.17) is 14.2 Å². The molecule has 6 nitrogen and oxygen atoms in total. The van der Waals surface area contributed by atoms with Crippen molar-refractivity contribution < 1.29 is 28.6 Å². The van der Waals surface area contributed by atoms with Gasteiger partial charge in [-0.25, -0.2) is 0 Å². The first-order chi connectivity index (χ1) is 35.5. The molecule has 0 rings (SSSR count). The molecule has 0 saturated heterocycles. The van der Waals surface area contributed by atoms with Crippen LogP contribution in [0.4, 0.5) is 0 Å². The van der Waals surface area contributed by atoms with Gasteiger partial charge in [0, 0.05) is 19.3 Å². The van der Waals surface area contributed by atoms with Crippen LogP contribution in [-0.2, 0) is 28.6 Å². The van der Waals surface area contributed by atoms with Gasteiger partial charge in [0.05, 0.1) is 0 Å². The van der Waals surface area contributed by atoms with Crippen LogP contribution in [0.25, 0.3) is 0 Å². The second-order valence-electron chi connectivity index (χ2n) is 20.9. The number of carbonyl (C=O) groups excluding carboxylic acids is 3. The van der Waals surface area contributed by atoms with Crippen molar-refractivity contribution in [3.63, 3.8) is 0 Å². The maximum Gasteiger partial charge on any atom is 0.306 e. The minimum absolute atomic E-state index is 0.0750. The highest BCUT2D eigenvalue weighted by Gasteiger charge is 2.19. The van der Waals surface area contributed by atoms with Crippen molar-refractivity contribution >= 4 is 17.9 Å². The number of allylic oxidation sites excluding steroid dienone is 10. The summed E-state index contributed by atoms with van der Waals surface area (Å²) in [5.41, 5.74) is 0. The Labute approximate surface area is 447 Å². The summed E-state index contributed by atoms with van der Waals surface area (Å²) in [4.78, 5) is 38.2. The zero-order valence-electron chi connectivity index (χ0n) is 47.9. The maximum atomic E-state index is 12.9. The molecular formula is C66H118O6. The van der Waals surface area contributed by atoms with Crippen LogP contribution in [0.15, 0.2) is 60.8 Å². The molecule has 1 atom stereocenters. The van der Waals surface area contributed by atoms with E-state index in [0.29, 0.717) is 19.3 Å². The topological polar surface area (TPSA) is 78.9 Å². The summed E-state index contributed by atoms with van der Waals surface area (Å²) < 4.78 is 16.9. The number of hydrogen-bond donors (Lipinski definition) is 0. The molecule has 0 bridgehead atoms. The lowest BCUT2D eigenvalue weighted by Gasteiger charge is -2.18. The lowest BCUT2D eigenvalue weighted by atomic mass is 10.0. The summed E-state index contributed by atoms with van der Waals surface area (Å²) >= 11 is 0. The van der Waals surface area contributed by atoms with Gasteiger partial charge in [-0.15, -0.1) is 0 Å². The average molecular weight is 1010 g/mol. The molecule has 0 aliphatic rings. The van der Waals surface area contributed by atoms with Crippen LogP contribution in [0.1, 0.15) is 323 Å². The van der Waals surface area contributed by atoms with Gasteiger partial charge in [-0.1, -0.05) is 281 Å². The van der Waals surface area contributed by atoms with Crippen molar-refractivity contribution in [3.05, 3.63) is 60.8 Å². The third-order valence-electron chi connectivity index (χ3n) is 13.8. The quantitative estimate of drug-likeness (QED) is 0.0261. The van der Waals surface area contributed by atoms with E-state index in [1.807, 2.05) is 0 Å². The first-order valence-corrected chi connectivity index (χ1v) is 31.3. The molecule has 0 spiro atoms. The number of ether oxygens (including phenoxy) is 3. The van der Waals surface area contributed by atoms with Crippen LogP contribution >= 0.6 is 0 Å². The fourth-order valence-corrected chi connectivity index (χ4v) is 9.08. The van der Waals surface area contributed by atoms with Gasteiger partial charge < -0.3 is 14.2 Å². The van der Waals surface area contributed by atoms with Crippen LogP contribution in [0.5, 0.6) is 0 Å². The van der Waals surface area contributed by atoms with Gasteiger partial charge in [-0.3, -0.25) is 14.4 Å². The standard InChI is InChI=1S/C66H118O6/c1-4-7-10-13-16-19-22-24-26-28-29-30-31-32-33-34-35-36-37-39-40-42-44-47-50-53-56-59-65(68)71-62-63(61-70-64(67)58-55-52-49-46-21-18-15-12-9-6-3)72-66(69)60-57-54-51-48-45-43-41-38-27-25-23-20-17-14-11-8-5-2/h8,11,17,20,22,24-25,27-29,63H,4-7,9-10,12-16,18-19,21,23,26,30-62H2,1-3H3/b11-8-,20-17-,24-22-,27-25-,29-28-. The SMILES string of the molecule is CC/C=C\C/C=C\C/C=C\CCCCCCCCCC(=O)OC(COC(=O)CCCCCCCCCCCC)COC(=O)CCCCCCCCCCCCCCCCC/C=C\C/C=C\CCCCCCC. The molecule has 1 unspecified atom stereocenters. The Morgan fingerprint density at radius 1 is 0.292 bits per heavy atom. The molecule has 0 radical (unpaired) electrons. The van der Waals surface area contributed by atoms with Gasteiger partial charge in [0.15, 0.2) is 6.10 Å². The van der Waals surface area contributed by atoms with Crippen LogP contribution in [0.2, 0.25) is 0 Å². The van der Waals surface area contributed by atoms with E-state index in [0.717, 1.165) is 89.9 Å². The van der Waals surface area contributed by atoms with E-state index < -0.39 is 6.10 Å². The zero-order chi connectivity index (χ0) is 52.2. The average Bonchev–Trinajstić information content (AvgIpc) is 3.38. The first kappa shape index (κ1) is 69.1. The van der Waals surface area contributed by atoms with Gasteiger partial charge in [0.1, 0.15) is 13.2 Å². The summed E-state index contributed by atoms with van der Waals surface area (Å²) in [6.07, 6.45) is 76.6. The van der Waals surface area contributed by atoms with E-state index in [-0.39, 0.29) is 31.1 Å². The third-order valence-corrected chi connectivity index (χ3v) is 13.8. The fourth-order valence-electron chi connectivity index (χ4n) is 9.08. The molecule has 0 N–H and O–H groups in total. The lowest BCUT2D eigenvalue weighted by Crippen LogP contribution is -2.30. The summed E-state index contributed by atoms with van der Waals surface area (Å²) in [6, 6.07) is 0. The number of rotatable bonds is 57. The molecule has 6 heteroatoms. The second kappa shape index (κ2) is 60.7. The molecule has 0 fully saturated rings. The van der Waals surface area contributed by atoms with E-state index in [1.165, 1.54) is 193 Å². The normalized spacial score (nSPS) is 12.4. The van der Waals surface area contributed by atoms with Gasteiger partial charge in [-0.2, -0.15) is 0 Å². The van der Waals surface area contributed by atoms with Crippen LogP contribution < -0.4 is 0 Å². The second-order valence-corrected chi connectivity index (χ2v) is 20.9. The molecule has 0 aliphatic heterocycles. The van der Waals surface area contributed by atoms with Crippen LogP contribution in [0.3, 0.4) is 0 Å². The molecule has 418 valence electrons. The molecular weight excluding hydrogens is 889 g/mol. The van der Waals surface area contributed by atoms with Gasteiger partial charge in [0.25, 0.3) is 0 Å². The van der Waals surface area contributed by atoms with Gasteiger partial charge in [0.2, 0.25) is 0 Å². The molecule has 72 heavy (non-hydrogen) atoms. The Hall–Kier alpha value is -2.89. The van der Waals surface area contributed by atoms with Crippen molar-refractivity contribution in [3.8, 4) is 0 Å². The van der Waals surface area contributed by atoms with E-state index in [1.54, 1.807) is 0 Å². The third kappa shape index (κ3) is 58.0. The van der Waals surface area contributed by atoms with Crippen molar-refractivity contribution in [2.45, 2.75) is 329 Å². The Kier molecular flexibility index (Phi) is 58.2. The Bertz CT molecular complexity index is 1290. The molecule has 0 saturated carbocycles. The predicted octanol–water partition coefficient (Wildman–Crippen LogP) is 21.2. The van der Waals surface area contributed by atoms with Crippen molar-refractivity contribution in [2.24, 2.45) is 0 Å². The highest BCUT2D eigenvalue weighted by atomic mass is 16.6. The minimum Gasteiger partial charge on any atom is -0.462 e. The van der Waals surface area contributed by atoms with Crippen LogP contribution in [-0.4, -0.2) is 37.2 Å². The lowest BCUT2D eigenvalue weighted by molar-refractivity contribution is -0.167. The van der Waals surface area contributed by atoms with Crippen molar-refractivity contribution in [1.82, 2.24) is 0 Å². The fraction of sp³-hybridized carbons (Fsp3) is 0.803. The van der Waals surface area contributed by atoms with E-state index in [2.05, 4.69) is 81.5 Å². The smallest absolute Gasteiger partial charge is 0.306 e. The van der Waals surface area contributed by atoms with Crippen LogP contribution in [0, 0.1) is 0 Å². The summed E-state index contributed by atoms with van der Waals surface area (Å²) in [5.74, 6) is -0.872. The molecule has 0 aliphatic carbocycles. The van der Waals surface area contributed by atoms with Gasteiger partial charge in [-0.05, 0) is 83.5 Å². The number of carbonyl (C=O) groups is 3. The highest BCUT2D eigenvalue weighted by molar-refractivity contribution is 5.71. The minimum atomic E-state index is -0.777. The summed E-state index contributed by atoms with van der Waals surface area (Å²) in [6.45, 7) is 6.53. The van der Waals surface area contributed by atoms with E-state index >= 15 is 0 Å². The molecule has 0 aromatic carbocycles. The molecule has 0 aromatic heterocycles. The summed E-state index contributed by atoms with van der Waals surface area (Å²) in [7, 11) is 0. The van der Waals surface area contributed by atoms with Crippen molar-refractivity contribution in [2.75, 3.05) is 13.2 Å². The largest absolute Gasteiger partial charge is 0.462 e. The highest BCUT2D eigenvalue weighted by Crippen LogP contribution is 2.17.